The van der Waals surface area contributed by atoms with Crippen molar-refractivity contribution in [2.45, 2.75) is 32.2 Å². The monoisotopic (exact) mass is 307 g/mol. The smallest absolute Gasteiger partial charge is 0.237 e. The van der Waals surface area contributed by atoms with E-state index in [4.69, 9.17) is 5.73 Å². The highest BCUT2D eigenvalue weighted by Gasteiger charge is 2.25. The van der Waals surface area contributed by atoms with Gasteiger partial charge >= 0.3 is 0 Å². The minimum absolute atomic E-state index is 0.295. The number of fused-ring (bicyclic) bond motifs is 1. The maximum atomic E-state index is 12.5. The maximum Gasteiger partial charge on any atom is 0.237 e. The Kier molecular flexibility index (Phi) is 4.93. The van der Waals surface area contributed by atoms with E-state index in [1.165, 1.54) is 23.3 Å². The van der Waals surface area contributed by atoms with Gasteiger partial charge < -0.3 is 10.6 Å². The number of nitrogens with zero attached hydrogens (tertiary/aromatic N) is 2. The number of carbonyl (C=O) groups excluding carboxylic acids is 1. The van der Waals surface area contributed by atoms with Gasteiger partial charge in [0.25, 0.3) is 0 Å². The van der Waals surface area contributed by atoms with E-state index in [0.29, 0.717) is 12.5 Å². The normalized spacial score (nSPS) is 20.5. The third kappa shape index (κ3) is 3.65. The van der Waals surface area contributed by atoms with Crippen molar-refractivity contribution in [2.24, 2.45) is 11.7 Å². The van der Waals surface area contributed by atoms with Crippen molar-refractivity contribution >= 4 is 17.2 Å². The fourth-order valence-corrected chi connectivity index (χ4v) is 4.31. The number of piperidine rings is 1. The molecule has 2 aliphatic rings. The van der Waals surface area contributed by atoms with Crippen LogP contribution in [0.4, 0.5) is 0 Å². The second kappa shape index (κ2) is 6.90. The molecule has 3 rings (SSSR count). The Morgan fingerprint density at radius 2 is 2.14 bits per heavy atom. The summed E-state index contributed by atoms with van der Waals surface area (Å²) in [5, 5.41) is 2.14. The molecule has 1 aromatic rings. The van der Waals surface area contributed by atoms with Crippen molar-refractivity contribution in [3.63, 3.8) is 0 Å². The molecular formula is C16H25N3OS. The number of carbonyl (C=O) groups is 1. The summed E-state index contributed by atoms with van der Waals surface area (Å²) in [4.78, 5) is 18.3. The van der Waals surface area contributed by atoms with Crippen molar-refractivity contribution in [1.82, 2.24) is 9.80 Å². The van der Waals surface area contributed by atoms with E-state index in [-0.39, 0.29) is 0 Å². The molecule has 0 radical (unpaired) electrons. The average Bonchev–Trinajstić information content (AvgIpc) is 2.97. The quantitative estimate of drug-likeness (QED) is 0.921. The molecule has 0 unspecified atom stereocenters. The Labute approximate surface area is 130 Å². The zero-order chi connectivity index (χ0) is 14.7. The molecule has 1 saturated heterocycles. The van der Waals surface area contributed by atoms with E-state index in [1.807, 2.05) is 16.2 Å². The van der Waals surface area contributed by atoms with E-state index >= 15 is 0 Å². The van der Waals surface area contributed by atoms with Gasteiger partial charge in [-0.1, -0.05) is 0 Å². The number of amides is 1. The number of thiophene rings is 1. The van der Waals surface area contributed by atoms with E-state index in [9.17, 15) is 4.79 Å². The SMILES string of the molecule is NCCC1CCN(CC(=O)N2CCc3sccc3C2)CC1. The largest absolute Gasteiger partial charge is 0.337 e. The zero-order valence-electron chi connectivity index (χ0n) is 12.6. The van der Waals surface area contributed by atoms with Gasteiger partial charge in [-0.3, -0.25) is 9.69 Å². The zero-order valence-corrected chi connectivity index (χ0v) is 13.4. The fourth-order valence-electron chi connectivity index (χ4n) is 3.42. The molecule has 0 saturated carbocycles. The molecule has 0 aromatic carbocycles. The van der Waals surface area contributed by atoms with Crippen LogP contribution in [0.5, 0.6) is 0 Å². The molecule has 5 heteroatoms. The molecule has 1 aromatic heterocycles. The number of nitrogens with two attached hydrogens (primary N) is 1. The Morgan fingerprint density at radius 1 is 1.33 bits per heavy atom. The van der Waals surface area contributed by atoms with Crippen LogP contribution in [0, 0.1) is 5.92 Å². The van der Waals surface area contributed by atoms with Crippen LogP contribution in [-0.4, -0.2) is 48.4 Å². The molecule has 116 valence electrons. The number of hydrogen-bond acceptors (Lipinski definition) is 4. The van der Waals surface area contributed by atoms with Crippen LogP contribution >= 0.6 is 11.3 Å². The van der Waals surface area contributed by atoms with Crippen molar-refractivity contribution in [3.05, 3.63) is 21.9 Å². The predicted molar refractivity (Wildman–Crippen MR) is 86.3 cm³/mol. The molecule has 3 heterocycles. The van der Waals surface area contributed by atoms with Gasteiger partial charge in [0.15, 0.2) is 0 Å². The van der Waals surface area contributed by atoms with Gasteiger partial charge in [0.2, 0.25) is 5.91 Å². The van der Waals surface area contributed by atoms with Gasteiger partial charge in [-0.05, 0) is 68.2 Å². The van der Waals surface area contributed by atoms with Gasteiger partial charge in [0, 0.05) is 18.0 Å². The number of likely N-dealkylation sites (tertiary alicyclic amines) is 1. The molecule has 0 spiro atoms. The lowest BCUT2D eigenvalue weighted by Gasteiger charge is -2.34. The molecule has 21 heavy (non-hydrogen) atoms. The van der Waals surface area contributed by atoms with Crippen LogP contribution in [0.15, 0.2) is 11.4 Å². The molecule has 2 N–H and O–H groups in total. The van der Waals surface area contributed by atoms with Gasteiger partial charge in [-0.15, -0.1) is 11.3 Å². The van der Waals surface area contributed by atoms with Crippen LogP contribution in [-0.2, 0) is 17.8 Å². The fraction of sp³-hybridized carbons (Fsp3) is 0.688. The lowest BCUT2D eigenvalue weighted by Crippen LogP contribution is -2.44. The van der Waals surface area contributed by atoms with Crippen molar-refractivity contribution in [2.75, 3.05) is 32.7 Å². The summed E-state index contributed by atoms with van der Waals surface area (Å²) >= 11 is 1.82. The van der Waals surface area contributed by atoms with Crippen LogP contribution in [0.3, 0.4) is 0 Å². The lowest BCUT2D eigenvalue weighted by molar-refractivity contribution is -0.133. The molecule has 4 nitrogen and oxygen atoms in total. The summed E-state index contributed by atoms with van der Waals surface area (Å²) < 4.78 is 0. The predicted octanol–water partition coefficient (Wildman–Crippen LogP) is 1.69. The van der Waals surface area contributed by atoms with Gasteiger partial charge in [-0.25, -0.2) is 0 Å². The Bertz CT molecular complexity index is 480. The summed E-state index contributed by atoms with van der Waals surface area (Å²) in [5.41, 5.74) is 6.98. The first-order chi connectivity index (χ1) is 10.3. The second-order valence-electron chi connectivity index (χ2n) is 6.23. The van der Waals surface area contributed by atoms with Crippen molar-refractivity contribution in [1.29, 1.82) is 0 Å². The highest BCUT2D eigenvalue weighted by molar-refractivity contribution is 7.10. The van der Waals surface area contributed by atoms with Crippen molar-refractivity contribution < 1.29 is 4.79 Å². The highest BCUT2D eigenvalue weighted by atomic mass is 32.1. The van der Waals surface area contributed by atoms with Gasteiger partial charge in [0.1, 0.15) is 0 Å². The minimum Gasteiger partial charge on any atom is -0.337 e. The van der Waals surface area contributed by atoms with Crippen LogP contribution in [0.2, 0.25) is 0 Å². The third-order valence-electron chi connectivity index (χ3n) is 4.80. The summed E-state index contributed by atoms with van der Waals surface area (Å²) in [5.74, 6) is 1.06. The van der Waals surface area contributed by atoms with Crippen LogP contribution < -0.4 is 5.73 Å². The average molecular weight is 307 g/mol. The first-order valence-electron chi connectivity index (χ1n) is 8.01. The molecule has 1 amide bonds. The highest BCUT2D eigenvalue weighted by Crippen LogP contribution is 2.24. The van der Waals surface area contributed by atoms with E-state index < -0.39 is 0 Å². The van der Waals surface area contributed by atoms with E-state index in [2.05, 4.69) is 16.3 Å². The summed E-state index contributed by atoms with van der Waals surface area (Å²) in [6.07, 6.45) is 4.55. The Morgan fingerprint density at radius 3 is 2.90 bits per heavy atom. The Balaban J connectivity index is 1.47. The Hall–Kier alpha value is -0.910. The van der Waals surface area contributed by atoms with Crippen molar-refractivity contribution in [3.8, 4) is 0 Å². The van der Waals surface area contributed by atoms with Crippen LogP contribution in [0.25, 0.3) is 0 Å². The maximum absolute atomic E-state index is 12.5. The molecule has 0 aliphatic carbocycles. The number of hydrogen-bond donors (Lipinski definition) is 1. The molecule has 0 atom stereocenters. The summed E-state index contributed by atoms with van der Waals surface area (Å²) in [6.45, 7) is 5.17. The van der Waals surface area contributed by atoms with Crippen LogP contribution in [0.1, 0.15) is 29.7 Å². The molecule has 1 fully saturated rings. The van der Waals surface area contributed by atoms with Gasteiger partial charge in [-0.2, -0.15) is 0 Å². The minimum atomic E-state index is 0.295. The van der Waals surface area contributed by atoms with E-state index in [1.54, 1.807) is 0 Å². The number of rotatable bonds is 4. The molecule has 0 bridgehead atoms. The second-order valence-corrected chi connectivity index (χ2v) is 7.23. The standard InChI is InChI=1S/C16H25N3OS/c17-6-1-13-2-7-18(8-3-13)12-16(20)19-9-4-15-14(11-19)5-10-21-15/h5,10,13H,1-4,6-9,11-12,17H2. The van der Waals surface area contributed by atoms with E-state index in [0.717, 1.165) is 51.5 Å². The topological polar surface area (TPSA) is 49.6 Å². The summed E-state index contributed by atoms with van der Waals surface area (Å²) in [7, 11) is 0. The van der Waals surface area contributed by atoms with Gasteiger partial charge in [0.05, 0.1) is 6.54 Å². The first kappa shape index (κ1) is 15.0. The first-order valence-corrected chi connectivity index (χ1v) is 8.89. The molecule has 2 aliphatic heterocycles. The molecular weight excluding hydrogens is 282 g/mol. The lowest BCUT2D eigenvalue weighted by atomic mass is 9.93. The third-order valence-corrected chi connectivity index (χ3v) is 5.82. The summed E-state index contributed by atoms with van der Waals surface area (Å²) in [6, 6.07) is 2.16.